The Bertz CT molecular complexity index is 589. The zero-order valence-corrected chi connectivity index (χ0v) is 11.8. The average molecular weight is 293 g/mol. The van der Waals surface area contributed by atoms with Crippen LogP contribution in [-0.4, -0.2) is 31.4 Å². The van der Waals surface area contributed by atoms with E-state index in [1.807, 2.05) is 0 Å². The first-order valence-corrected chi connectivity index (χ1v) is 6.90. The Kier molecular flexibility index (Phi) is 3.53. The highest BCUT2D eigenvalue weighted by Gasteiger charge is 2.56. The molecule has 4 atom stereocenters. The van der Waals surface area contributed by atoms with Crippen molar-refractivity contribution in [3.05, 3.63) is 48.3 Å². The van der Waals surface area contributed by atoms with Gasteiger partial charge in [-0.3, -0.25) is 0 Å². The predicted molar refractivity (Wildman–Crippen MR) is 75.5 cm³/mol. The SMILES string of the molecule is C=C[C@@H]1OC[C@H]2OC(C)=N[C@](CF)(c3ccccc3F)[C@@H]12. The third-order valence-corrected chi connectivity index (χ3v) is 4.21. The molecule has 2 aliphatic rings. The maximum atomic E-state index is 14.3. The minimum Gasteiger partial charge on any atom is -0.475 e. The van der Waals surface area contributed by atoms with Crippen molar-refractivity contribution in [2.75, 3.05) is 13.3 Å². The monoisotopic (exact) mass is 293 g/mol. The van der Waals surface area contributed by atoms with Crippen LogP contribution in [0.3, 0.4) is 0 Å². The van der Waals surface area contributed by atoms with Gasteiger partial charge in [0.25, 0.3) is 0 Å². The zero-order valence-electron chi connectivity index (χ0n) is 11.8. The minimum atomic E-state index is -1.33. The molecule has 0 radical (unpaired) electrons. The molecule has 1 aromatic rings. The number of aliphatic imine (C=N–C) groups is 1. The van der Waals surface area contributed by atoms with Gasteiger partial charge in [0.05, 0.1) is 18.6 Å². The van der Waals surface area contributed by atoms with E-state index in [2.05, 4.69) is 11.6 Å². The number of hydrogen-bond donors (Lipinski definition) is 0. The number of nitrogens with zero attached hydrogens (tertiary/aromatic N) is 1. The molecule has 21 heavy (non-hydrogen) atoms. The van der Waals surface area contributed by atoms with Crippen molar-refractivity contribution in [3.8, 4) is 0 Å². The first kappa shape index (κ1) is 14.2. The molecule has 0 spiro atoms. The Morgan fingerprint density at radius 1 is 1.48 bits per heavy atom. The second kappa shape index (κ2) is 5.22. The summed E-state index contributed by atoms with van der Waals surface area (Å²) < 4.78 is 39.6. The minimum absolute atomic E-state index is 0.238. The molecule has 0 unspecified atom stereocenters. The maximum absolute atomic E-state index is 14.3. The average Bonchev–Trinajstić information content (AvgIpc) is 2.90. The second-order valence-electron chi connectivity index (χ2n) is 5.38. The first-order chi connectivity index (χ1) is 10.1. The van der Waals surface area contributed by atoms with Crippen LogP contribution in [0.4, 0.5) is 8.78 Å². The van der Waals surface area contributed by atoms with Crippen molar-refractivity contribution in [2.45, 2.75) is 24.7 Å². The lowest BCUT2D eigenvalue weighted by atomic mass is 9.73. The summed E-state index contributed by atoms with van der Waals surface area (Å²) in [6.07, 6.45) is 0.846. The zero-order chi connectivity index (χ0) is 15.0. The molecule has 0 aromatic heterocycles. The summed E-state index contributed by atoms with van der Waals surface area (Å²) in [6.45, 7) is 4.89. The van der Waals surface area contributed by atoms with Gasteiger partial charge in [-0.25, -0.2) is 13.8 Å². The summed E-state index contributed by atoms with van der Waals surface area (Å²) in [5, 5.41) is 0. The van der Waals surface area contributed by atoms with Crippen LogP contribution in [-0.2, 0) is 15.0 Å². The smallest absolute Gasteiger partial charge is 0.181 e. The molecule has 1 saturated heterocycles. The highest BCUT2D eigenvalue weighted by molar-refractivity contribution is 5.75. The van der Waals surface area contributed by atoms with E-state index >= 15 is 0 Å². The molecule has 0 N–H and O–H groups in total. The maximum Gasteiger partial charge on any atom is 0.181 e. The van der Waals surface area contributed by atoms with Gasteiger partial charge in [-0.15, -0.1) is 6.58 Å². The molecule has 3 rings (SSSR count). The normalized spacial score (nSPS) is 34.8. The number of hydrogen-bond acceptors (Lipinski definition) is 3. The van der Waals surface area contributed by atoms with Crippen LogP contribution in [0.15, 0.2) is 41.9 Å². The molecule has 1 aromatic carbocycles. The molecule has 0 aliphatic carbocycles. The van der Waals surface area contributed by atoms with E-state index in [-0.39, 0.29) is 11.7 Å². The molecule has 1 fully saturated rings. The lowest BCUT2D eigenvalue weighted by Gasteiger charge is -2.41. The van der Waals surface area contributed by atoms with Crippen LogP contribution in [0, 0.1) is 11.7 Å². The van der Waals surface area contributed by atoms with Gasteiger partial charge in [-0.2, -0.15) is 0 Å². The molecule has 3 nitrogen and oxygen atoms in total. The molecule has 0 bridgehead atoms. The quantitative estimate of drug-likeness (QED) is 0.802. The van der Waals surface area contributed by atoms with Crippen LogP contribution in [0.25, 0.3) is 0 Å². The summed E-state index contributed by atoms with van der Waals surface area (Å²) >= 11 is 0. The van der Waals surface area contributed by atoms with Gasteiger partial charge >= 0.3 is 0 Å². The van der Waals surface area contributed by atoms with Crippen molar-refractivity contribution in [2.24, 2.45) is 10.9 Å². The van der Waals surface area contributed by atoms with Crippen LogP contribution < -0.4 is 0 Å². The first-order valence-electron chi connectivity index (χ1n) is 6.90. The Labute approximate surface area is 122 Å². The fourth-order valence-corrected chi connectivity index (χ4v) is 3.37. The van der Waals surface area contributed by atoms with E-state index in [4.69, 9.17) is 9.47 Å². The fourth-order valence-electron chi connectivity index (χ4n) is 3.37. The van der Waals surface area contributed by atoms with Crippen molar-refractivity contribution < 1.29 is 18.3 Å². The highest BCUT2D eigenvalue weighted by atomic mass is 19.1. The predicted octanol–water partition coefficient (Wildman–Crippen LogP) is 3.01. The number of rotatable bonds is 3. The van der Waals surface area contributed by atoms with Crippen LogP contribution >= 0.6 is 0 Å². The van der Waals surface area contributed by atoms with Crippen LogP contribution in [0.1, 0.15) is 12.5 Å². The topological polar surface area (TPSA) is 30.8 Å². The second-order valence-corrected chi connectivity index (χ2v) is 5.38. The van der Waals surface area contributed by atoms with E-state index in [1.54, 1.807) is 31.2 Å². The Balaban J connectivity index is 2.19. The Morgan fingerprint density at radius 3 is 2.90 bits per heavy atom. The third kappa shape index (κ3) is 2.07. The van der Waals surface area contributed by atoms with E-state index < -0.39 is 30.1 Å². The van der Waals surface area contributed by atoms with Crippen molar-refractivity contribution in [1.29, 1.82) is 0 Å². The van der Waals surface area contributed by atoms with Crippen molar-refractivity contribution in [1.82, 2.24) is 0 Å². The van der Waals surface area contributed by atoms with Gasteiger partial charge in [-0.05, 0) is 6.07 Å². The van der Waals surface area contributed by atoms with Gasteiger partial charge in [0.1, 0.15) is 24.1 Å². The lowest BCUT2D eigenvalue weighted by Crippen LogP contribution is -2.50. The van der Waals surface area contributed by atoms with Crippen molar-refractivity contribution >= 4 is 5.90 Å². The standard InChI is InChI=1S/C16H17F2NO2/c1-3-13-15-14(8-20-13)21-10(2)19-16(15,9-17)11-6-4-5-7-12(11)18/h3-7,13-15H,1,8-9H2,2H3/t13-,14+,15-,16+/m0/s1. The summed E-state index contributed by atoms with van der Waals surface area (Å²) in [4.78, 5) is 4.36. The number of benzene rings is 1. The molecule has 5 heteroatoms. The molecule has 0 saturated carbocycles. The summed E-state index contributed by atoms with van der Waals surface area (Å²) in [5.41, 5.74) is -1.09. The van der Waals surface area contributed by atoms with Gasteiger partial charge < -0.3 is 9.47 Å². The molecule has 112 valence electrons. The van der Waals surface area contributed by atoms with Gasteiger partial charge in [0.15, 0.2) is 5.90 Å². The van der Waals surface area contributed by atoms with E-state index in [1.165, 1.54) is 6.07 Å². The molecular formula is C16H17F2NO2. The largest absolute Gasteiger partial charge is 0.475 e. The summed E-state index contributed by atoms with van der Waals surface area (Å²) in [6, 6.07) is 6.16. The van der Waals surface area contributed by atoms with Gasteiger partial charge in [0, 0.05) is 12.5 Å². The number of halogens is 2. The fraction of sp³-hybridized carbons (Fsp3) is 0.438. The van der Waals surface area contributed by atoms with E-state index in [0.29, 0.717) is 12.5 Å². The van der Waals surface area contributed by atoms with E-state index in [0.717, 1.165) is 0 Å². The summed E-state index contributed by atoms with van der Waals surface area (Å²) in [5.74, 6) is -0.548. The molecular weight excluding hydrogens is 276 g/mol. The van der Waals surface area contributed by atoms with Crippen LogP contribution in [0.2, 0.25) is 0 Å². The Morgan fingerprint density at radius 2 is 2.24 bits per heavy atom. The third-order valence-electron chi connectivity index (χ3n) is 4.21. The van der Waals surface area contributed by atoms with Gasteiger partial charge in [-0.1, -0.05) is 24.3 Å². The molecule has 0 amide bonds. The van der Waals surface area contributed by atoms with Crippen LogP contribution in [0.5, 0.6) is 0 Å². The number of fused-ring (bicyclic) bond motifs is 1. The summed E-state index contributed by atoms with van der Waals surface area (Å²) in [7, 11) is 0. The molecule has 2 aliphatic heterocycles. The number of alkyl halides is 1. The lowest BCUT2D eigenvalue weighted by molar-refractivity contribution is 0.0520. The number of ether oxygens (including phenoxy) is 2. The van der Waals surface area contributed by atoms with Crippen molar-refractivity contribution in [3.63, 3.8) is 0 Å². The highest BCUT2D eigenvalue weighted by Crippen LogP contribution is 2.47. The van der Waals surface area contributed by atoms with E-state index in [9.17, 15) is 8.78 Å². The Hall–Kier alpha value is -1.75. The molecule has 2 heterocycles. The van der Waals surface area contributed by atoms with Gasteiger partial charge in [0.2, 0.25) is 0 Å².